The Bertz CT molecular complexity index is 480. The number of halogens is 3. The van der Waals surface area contributed by atoms with Gasteiger partial charge in [-0.15, -0.1) is 0 Å². The van der Waals surface area contributed by atoms with Gasteiger partial charge >= 0.3 is 6.18 Å². The summed E-state index contributed by atoms with van der Waals surface area (Å²) in [6, 6.07) is 2.10. The fourth-order valence-electron chi connectivity index (χ4n) is 1.58. The molecule has 118 valence electrons. The molecule has 0 unspecified atom stereocenters. The van der Waals surface area contributed by atoms with E-state index in [-0.39, 0.29) is 10.8 Å². The molecule has 0 saturated heterocycles. The molecular weight excluding hydrogens is 303 g/mol. The third-order valence-electron chi connectivity index (χ3n) is 2.56. The first-order chi connectivity index (χ1) is 9.86. The highest BCUT2D eigenvalue weighted by molar-refractivity contribution is 7.80. The van der Waals surface area contributed by atoms with Gasteiger partial charge in [0.1, 0.15) is 16.5 Å². The minimum atomic E-state index is -4.50. The summed E-state index contributed by atoms with van der Waals surface area (Å²) < 4.78 is 43.2. The normalized spacial score (nSPS) is 11.4. The Balaban J connectivity index is 2.71. The van der Waals surface area contributed by atoms with Crippen LogP contribution in [-0.4, -0.2) is 29.7 Å². The Morgan fingerprint density at radius 2 is 2.10 bits per heavy atom. The van der Waals surface area contributed by atoms with E-state index in [1.54, 1.807) is 0 Å². The van der Waals surface area contributed by atoms with Crippen molar-refractivity contribution in [2.24, 2.45) is 5.73 Å². The zero-order valence-electron chi connectivity index (χ0n) is 11.7. The highest BCUT2D eigenvalue weighted by atomic mass is 32.1. The molecule has 1 aromatic rings. The molecule has 0 aliphatic rings. The average molecular weight is 321 g/mol. The summed E-state index contributed by atoms with van der Waals surface area (Å²) in [5.74, 6) is 0.0489. The molecule has 8 heteroatoms. The van der Waals surface area contributed by atoms with E-state index in [1.165, 1.54) is 6.07 Å². The molecule has 3 N–H and O–H groups in total. The second-order valence-electron chi connectivity index (χ2n) is 4.35. The standard InChI is InChI=1S/C13H18F3N3OS/c1-2-7-20-8-3-6-18-12-9(11(17)21)4-5-10(19-12)13(14,15)16/h4-5H,2-3,6-8H2,1H3,(H2,17,21)(H,18,19). The molecule has 0 aliphatic heterocycles. The van der Waals surface area contributed by atoms with Gasteiger partial charge in [0.15, 0.2) is 0 Å². The maximum absolute atomic E-state index is 12.7. The van der Waals surface area contributed by atoms with Crippen LogP contribution in [0, 0.1) is 0 Å². The van der Waals surface area contributed by atoms with E-state index in [0.717, 1.165) is 12.5 Å². The van der Waals surface area contributed by atoms with Crippen molar-refractivity contribution in [3.05, 3.63) is 23.4 Å². The van der Waals surface area contributed by atoms with Crippen molar-refractivity contribution in [3.8, 4) is 0 Å². The molecule has 1 rings (SSSR count). The highest BCUT2D eigenvalue weighted by Crippen LogP contribution is 2.29. The topological polar surface area (TPSA) is 60.2 Å². The number of pyridine rings is 1. The molecule has 0 bridgehead atoms. The Labute approximate surface area is 126 Å². The van der Waals surface area contributed by atoms with Gasteiger partial charge in [-0.25, -0.2) is 4.98 Å². The van der Waals surface area contributed by atoms with E-state index in [9.17, 15) is 13.2 Å². The Morgan fingerprint density at radius 3 is 2.67 bits per heavy atom. The van der Waals surface area contributed by atoms with Crippen molar-refractivity contribution in [1.82, 2.24) is 4.98 Å². The quantitative estimate of drug-likeness (QED) is 0.569. The van der Waals surface area contributed by atoms with Gasteiger partial charge in [-0.3, -0.25) is 0 Å². The predicted molar refractivity (Wildman–Crippen MR) is 79.3 cm³/mol. The number of hydrogen-bond acceptors (Lipinski definition) is 4. The highest BCUT2D eigenvalue weighted by Gasteiger charge is 2.33. The average Bonchev–Trinajstić information content (AvgIpc) is 2.41. The van der Waals surface area contributed by atoms with Crippen LogP contribution in [0.4, 0.5) is 19.0 Å². The summed E-state index contributed by atoms with van der Waals surface area (Å²) in [7, 11) is 0. The van der Waals surface area contributed by atoms with Gasteiger partial charge in [-0.2, -0.15) is 13.2 Å². The number of thiocarbonyl (C=S) groups is 1. The zero-order valence-corrected chi connectivity index (χ0v) is 12.5. The largest absolute Gasteiger partial charge is 0.433 e. The molecule has 0 saturated carbocycles. The van der Waals surface area contributed by atoms with Crippen LogP contribution in [0.5, 0.6) is 0 Å². The van der Waals surface area contributed by atoms with Crippen LogP contribution in [-0.2, 0) is 10.9 Å². The molecule has 0 atom stereocenters. The van der Waals surface area contributed by atoms with Crippen molar-refractivity contribution >= 4 is 23.0 Å². The number of rotatable bonds is 8. The minimum absolute atomic E-state index is 0.000887. The molecule has 0 fully saturated rings. The van der Waals surface area contributed by atoms with E-state index >= 15 is 0 Å². The van der Waals surface area contributed by atoms with Gasteiger partial charge in [0.2, 0.25) is 0 Å². The van der Waals surface area contributed by atoms with Gasteiger partial charge in [0, 0.05) is 19.8 Å². The van der Waals surface area contributed by atoms with Gasteiger partial charge in [-0.05, 0) is 25.0 Å². The summed E-state index contributed by atoms with van der Waals surface area (Å²) in [4.78, 5) is 3.56. The summed E-state index contributed by atoms with van der Waals surface area (Å²) in [5.41, 5.74) is 4.81. The molecule has 1 heterocycles. The van der Waals surface area contributed by atoms with E-state index in [1.807, 2.05) is 6.92 Å². The number of ether oxygens (including phenoxy) is 1. The van der Waals surface area contributed by atoms with Crippen LogP contribution in [0.25, 0.3) is 0 Å². The van der Waals surface area contributed by atoms with Crippen molar-refractivity contribution in [2.45, 2.75) is 25.9 Å². The lowest BCUT2D eigenvalue weighted by Crippen LogP contribution is -2.18. The predicted octanol–water partition coefficient (Wildman–Crippen LogP) is 2.96. The SMILES string of the molecule is CCCOCCCNc1nc(C(F)(F)F)ccc1C(N)=S. The first-order valence-electron chi connectivity index (χ1n) is 6.56. The third kappa shape index (κ3) is 5.84. The lowest BCUT2D eigenvalue weighted by atomic mass is 10.2. The van der Waals surface area contributed by atoms with Crippen molar-refractivity contribution in [2.75, 3.05) is 25.1 Å². The van der Waals surface area contributed by atoms with Gasteiger partial charge < -0.3 is 15.8 Å². The monoisotopic (exact) mass is 321 g/mol. The molecule has 0 spiro atoms. The van der Waals surface area contributed by atoms with E-state index in [4.69, 9.17) is 22.7 Å². The zero-order chi connectivity index (χ0) is 15.9. The van der Waals surface area contributed by atoms with Crippen LogP contribution in [0.3, 0.4) is 0 Å². The summed E-state index contributed by atoms with van der Waals surface area (Å²) in [6.07, 6.45) is -2.93. The van der Waals surface area contributed by atoms with E-state index in [0.29, 0.717) is 31.7 Å². The lowest BCUT2D eigenvalue weighted by molar-refractivity contribution is -0.141. The molecule has 0 aliphatic carbocycles. The van der Waals surface area contributed by atoms with Gasteiger partial charge in [0.25, 0.3) is 0 Å². The fourth-order valence-corrected chi connectivity index (χ4v) is 1.74. The Kier molecular flexibility index (Phi) is 6.83. The van der Waals surface area contributed by atoms with Crippen LogP contribution in [0.1, 0.15) is 31.0 Å². The number of anilines is 1. The number of aromatic nitrogens is 1. The molecular formula is C13H18F3N3OS. The van der Waals surface area contributed by atoms with Crippen LogP contribution >= 0.6 is 12.2 Å². The summed E-state index contributed by atoms with van der Waals surface area (Å²) in [6.45, 7) is 3.62. The third-order valence-corrected chi connectivity index (χ3v) is 2.78. The second-order valence-corrected chi connectivity index (χ2v) is 4.79. The maximum Gasteiger partial charge on any atom is 0.433 e. The van der Waals surface area contributed by atoms with Gasteiger partial charge in [-0.1, -0.05) is 19.1 Å². The fraction of sp³-hybridized carbons (Fsp3) is 0.538. The molecule has 0 radical (unpaired) electrons. The lowest BCUT2D eigenvalue weighted by Gasteiger charge is -2.13. The first-order valence-corrected chi connectivity index (χ1v) is 6.96. The molecule has 21 heavy (non-hydrogen) atoms. The minimum Gasteiger partial charge on any atom is -0.389 e. The number of alkyl halides is 3. The van der Waals surface area contributed by atoms with Gasteiger partial charge in [0.05, 0.1) is 5.56 Å². The maximum atomic E-state index is 12.7. The number of nitrogens with two attached hydrogens (primary N) is 1. The molecule has 4 nitrogen and oxygen atoms in total. The summed E-state index contributed by atoms with van der Waals surface area (Å²) >= 11 is 4.81. The summed E-state index contributed by atoms with van der Waals surface area (Å²) in [5, 5.41) is 2.83. The van der Waals surface area contributed by atoms with Crippen molar-refractivity contribution in [3.63, 3.8) is 0 Å². The molecule has 0 amide bonds. The number of hydrogen-bond donors (Lipinski definition) is 2. The molecule has 0 aromatic carbocycles. The van der Waals surface area contributed by atoms with Crippen LogP contribution < -0.4 is 11.1 Å². The Morgan fingerprint density at radius 1 is 1.38 bits per heavy atom. The number of nitrogens with zero attached hydrogens (tertiary/aromatic N) is 1. The van der Waals surface area contributed by atoms with E-state index in [2.05, 4.69) is 10.3 Å². The van der Waals surface area contributed by atoms with E-state index < -0.39 is 11.9 Å². The first kappa shape index (κ1) is 17.6. The Hall–Kier alpha value is -1.41. The van der Waals surface area contributed by atoms with Crippen molar-refractivity contribution < 1.29 is 17.9 Å². The number of nitrogens with one attached hydrogen (secondary N) is 1. The van der Waals surface area contributed by atoms with Crippen LogP contribution in [0.15, 0.2) is 12.1 Å². The smallest absolute Gasteiger partial charge is 0.389 e. The van der Waals surface area contributed by atoms with Crippen molar-refractivity contribution in [1.29, 1.82) is 0 Å². The molecule has 1 aromatic heterocycles. The van der Waals surface area contributed by atoms with Crippen LogP contribution in [0.2, 0.25) is 0 Å². The second kappa shape index (κ2) is 8.14.